The fourth-order valence-electron chi connectivity index (χ4n) is 5.68. The molecule has 3 aromatic carbocycles. The van der Waals surface area contributed by atoms with Gasteiger partial charge in [0.2, 0.25) is 5.43 Å². The minimum atomic E-state index is -0.828. The number of nitrogens with zero attached hydrogens (tertiary/aromatic N) is 3. The van der Waals surface area contributed by atoms with Crippen LogP contribution in [-0.2, 0) is 6.54 Å². The average Bonchev–Trinajstić information content (AvgIpc) is 3.09. The van der Waals surface area contributed by atoms with Crippen LogP contribution in [0.5, 0.6) is 17.2 Å². The third kappa shape index (κ3) is 9.23. The van der Waals surface area contributed by atoms with E-state index in [2.05, 4.69) is 17.0 Å². The van der Waals surface area contributed by atoms with E-state index in [4.69, 9.17) is 14.2 Å². The number of aryl methyl sites for hydroxylation is 1. The van der Waals surface area contributed by atoms with Crippen molar-refractivity contribution >= 4 is 22.5 Å². The van der Waals surface area contributed by atoms with Gasteiger partial charge in [-0.3, -0.25) is 9.59 Å². The summed E-state index contributed by atoms with van der Waals surface area (Å²) in [4.78, 5) is 28.9. The Bertz CT molecular complexity index is 1890. The number of carbonyl (C=O) groups excluding carboxylic acids is 1. The van der Waals surface area contributed by atoms with Gasteiger partial charge in [-0.15, -0.1) is 0 Å². The first-order chi connectivity index (χ1) is 23.3. The van der Waals surface area contributed by atoms with Gasteiger partial charge in [-0.1, -0.05) is 18.9 Å². The first-order valence-electron chi connectivity index (χ1n) is 16.1. The van der Waals surface area contributed by atoms with Crippen LogP contribution in [0.1, 0.15) is 49.4 Å². The third-order valence-electron chi connectivity index (χ3n) is 8.15. The molecular weight excluding hydrogens is 696 g/mol. The van der Waals surface area contributed by atoms with Crippen molar-refractivity contribution in [3.63, 3.8) is 0 Å². The second-order valence-corrected chi connectivity index (χ2v) is 11.4. The molecule has 11 heteroatoms. The first-order valence-corrected chi connectivity index (χ1v) is 16.1. The lowest BCUT2D eigenvalue weighted by molar-refractivity contribution is -0.697. The summed E-state index contributed by atoms with van der Waals surface area (Å²) in [6, 6.07) is 19.3. The summed E-state index contributed by atoms with van der Waals surface area (Å²) < 4.78 is 49.2. The molecule has 5 aromatic rings. The molecule has 0 bridgehead atoms. The van der Waals surface area contributed by atoms with E-state index in [0.29, 0.717) is 35.1 Å². The molecule has 0 N–H and O–H groups in total. The molecule has 5 rings (SSSR count). The number of hydrogen-bond donors (Lipinski definition) is 0. The molecule has 0 radical (unpaired) electrons. The molecule has 0 fully saturated rings. The molecule has 0 unspecified atom stereocenters. The van der Waals surface area contributed by atoms with Crippen LogP contribution >= 0.6 is 0 Å². The number of carbonyl (C=O) groups is 1. The van der Waals surface area contributed by atoms with Crippen LogP contribution in [-0.4, -0.2) is 37.8 Å². The van der Waals surface area contributed by atoms with E-state index in [-0.39, 0.29) is 40.2 Å². The van der Waals surface area contributed by atoms with Gasteiger partial charge in [-0.2, -0.15) is 0 Å². The Morgan fingerprint density at radius 3 is 2.12 bits per heavy atom. The average molecular weight is 737 g/mol. The van der Waals surface area contributed by atoms with Gasteiger partial charge in [0.15, 0.2) is 12.4 Å². The van der Waals surface area contributed by atoms with Gasteiger partial charge in [0, 0.05) is 72.7 Å². The van der Waals surface area contributed by atoms with Crippen molar-refractivity contribution in [1.82, 2.24) is 4.57 Å². The lowest BCUT2D eigenvalue weighted by Crippen LogP contribution is -3.00. The van der Waals surface area contributed by atoms with Crippen LogP contribution in [0.4, 0.5) is 14.5 Å². The van der Waals surface area contributed by atoms with Crippen LogP contribution in [0.15, 0.2) is 96.2 Å². The van der Waals surface area contributed by atoms with E-state index >= 15 is 0 Å². The van der Waals surface area contributed by atoms with Crippen molar-refractivity contribution in [3.8, 4) is 22.9 Å². The maximum Gasteiger partial charge on any atom is 0.263 e. The first kappa shape index (κ1) is 37.1. The summed E-state index contributed by atoms with van der Waals surface area (Å²) in [6.45, 7) is 3.26. The fourth-order valence-corrected chi connectivity index (χ4v) is 5.68. The highest BCUT2D eigenvalue weighted by Crippen LogP contribution is 2.29. The zero-order valence-electron chi connectivity index (χ0n) is 27.8. The van der Waals surface area contributed by atoms with Gasteiger partial charge in [-0.25, -0.2) is 13.3 Å². The smallest absolute Gasteiger partial charge is 0.263 e. The second-order valence-electron chi connectivity index (χ2n) is 11.4. The standard InChI is InChI=1S/C38H40F2N3O5.BrH/c1-4-42(29-20-27(39)19-28(40)21-29)38(45)35-26-43(30-22-32(46-2)24-33(23-30)47-3)36-25-31(13-14-34(36)37(35)44)48-18-12-7-5-6-9-15-41-16-10-8-11-17-41;/h8,10-11,13-14,16-17,19-26H,4-7,9,12,15,18H2,1-3H3;1H/q+1;/p-1. The van der Waals surface area contributed by atoms with E-state index in [0.717, 1.165) is 56.8 Å². The molecule has 2 aromatic heterocycles. The number of methoxy groups -OCH3 is 2. The van der Waals surface area contributed by atoms with Crippen LogP contribution in [0.25, 0.3) is 16.6 Å². The van der Waals surface area contributed by atoms with Crippen molar-refractivity contribution in [2.75, 3.05) is 32.3 Å². The molecule has 1 amide bonds. The molecule has 0 aliphatic carbocycles. The number of benzene rings is 3. The number of ether oxygens (including phenoxy) is 3. The number of anilines is 1. The van der Waals surface area contributed by atoms with Crippen molar-refractivity contribution in [2.24, 2.45) is 0 Å². The maximum absolute atomic E-state index is 14.1. The number of aromatic nitrogens is 2. The topological polar surface area (TPSA) is 73.9 Å². The van der Waals surface area contributed by atoms with Gasteiger partial charge < -0.3 is 40.7 Å². The van der Waals surface area contributed by atoms with E-state index in [1.807, 2.05) is 18.2 Å². The zero-order chi connectivity index (χ0) is 34.0. The Morgan fingerprint density at radius 2 is 1.47 bits per heavy atom. The van der Waals surface area contributed by atoms with Gasteiger partial charge >= 0.3 is 0 Å². The molecule has 0 spiro atoms. The Hall–Kier alpha value is -4.77. The van der Waals surface area contributed by atoms with Crippen LogP contribution < -0.4 is 46.1 Å². The molecular formula is C38H40BrF2N3O5. The minimum absolute atomic E-state index is 0. The summed E-state index contributed by atoms with van der Waals surface area (Å²) in [5.74, 6) is -0.764. The largest absolute Gasteiger partial charge is 1.00 e. The van der Waals surface area contributed by atoms with Crippen LogP contribution in [0.2, 0.25) is 0 Å². The fraction of sp³-hybridized carbons (Fsp3) is 0.289. The molecule has 0 atom stereocenters. The lowest BCUT2D eigenvalue weighted by atomic mass is 10.1. The summed E-state index contributed by atoms with van der Waals surface area (Å²) >= 11 is 0. The van der Waals surface area contributed by atoms with E-state index in [1.165, 1.54) is 25.3 Å². The summed E-state index contributed by atoms with van der Waals surface area (Å²) in [6.07, 6.45) is 10.9. The summed E-state index contributed by atoms with van der Waals surface area (Å²) in [5, 5.41) is 0.271. The number of fused-ring (bicyclic) bond motifs is 1. The number of pyridine rings is 2. The van der Waals surface area contributed by atoms with E-state index in [9.17, 15) is 18.4 Å². The number of amides is 1. The summed E-state index contributed by atoms with van der Waals surface area (Å²) in [5.41, 5.74) is 0.387. The molecule has 0 saturated carbocycles. The van der Waals surface area contributed by atoms with Gasteiger partial charge in [0.25, 0.3) is 5.91 Å². The van der Waals surface area contributed by atoms with Crippen molar-refractivity contribution in [1.29, 1.82) is 0 Å². The highest BCUT2D eigenvalue weighted by Gasteiger charge is 2.24. The van der Waals surface area contributed by atoms with Crippen molar-refractivity contribution < 1.29 is 49.3 Å². The molecule has 2 heterocycles. The molecule has 258 valence electrons. The Morgan fingerprint density at radius 1 is 0.816 bits per heavy atom. The van der Waals surface area contributed by atoms with Crippen LogP contribution in [0.3, 0.4) is 0 Å². The maximum atomic E-state index is 14.1. The van der Waals surface area contributed by atoms with Gasteiger partial charge in [0.05, 0.1) is 32.0 Å². The molecule has 49 heavy (non-hydrogen) atoms. The quantitative estimate of drug-likeness (QED) is 0.119. The summed E-state index contributed by atoms with van der Waals surface area (Å²) in [7, 11) is 3.06. The van der Waals surface area contributed by atoms with Gasteiger partial charge in [0.1, 0.15) is 41.0 Å². The zero-order valence-corrected chi connectivity index (χ0v) is 29.4. The Kier molecular flexibility index (Phi) is 13.3. The SMILES string of the molecule is CCN(C(=O)c1cn(-c2cc(OC)cc(OC)c2)c2cc(OCCCCCCC[n+]3ccccc3)ccc2c1=O)c1cc(F)cc(F)c1.[Br-]. The minimum Gasteiger partial charge on any atom is -1.00 e. The predicted octanol–water partition coefficient (Wildman–Crippen LogP) is 4.27. The Balaban J connectivity index is 0.00000541. The highest BCUT2D eigenvalue weighted by atomic mass is 79.9. The number of hydrogen-bond acceptors (Lipinski definition) is 5. The molecule has 0 aliphatic rings. The number of unbranched alkanes of at least 4 members (excludes halogenated alkanes) is 4. The molecule has 0 aliphatic heterocycles. The normalized spacial score (nSPS) is 10.8. The second kappa shape index (κ2) is 17.6. The number of rotatable bonds is 15. The van der Waals surface area contributed by atoms with E-state index in [1.54, 1.807) is 47.9 Å². The Labute approximate surface area is 295 Å². The lowest BCUT2D eigenvalue weighted by Gasteiger charge is -2.22. The number of halogens is 3. The van der Waals surface area contributed by atoms with E-state index < -0.39 is 23.0 Å². The van der Waals surface area contributed by atoms with Crippen molar-refractivity contribution in [2.45, 2.75) is 45.6 Å². The predicted molar refractivity (Wildman–Crippen MR) is 182 cm³/mol. The molecule has 8 nitrogen and oxygen atoms in total. The molecule has 0 saturated heterocycles. The van der Waals surface area contributed by atoms with Crippen LogP contribution in [0, 0.1) is 11.6 Å². The third-order valence-corrected chi connectivity index (χ3v) is 8.15. The van der Waals surface area contributed by atoms with Crippen molar-refractivity contribution in [3.05, 3.63) is 119 Å². The monoisotopic (exact) mass is 735 g/mol. The highest BCUT2D eigenvalue weighted by molar-refractivity contribution is 6.07. The van der Waals surface area contributed by atoms with Gasteiger partial charge in [-0.05, 0) is 44.0 Å².